The van der Waals surface area contributed by atoms with Gasteiger partial charge in [0.25, 0.3) is 5.91 Å². The third-order valence-corrected chi connectivity index (χ3v) is 4.53. The van der Waals surface area contributed by atoms with Gasteiger partial charge in [-0.15, -0.1) is 0 Å². The molecule has 0 spiro atoms. The molecular formula is C18H25N3O. The number of hydrazone groups is 1. The summed E-state index contributed by atoms with van der Waals surface area (Å²) in [5.74, 6) is 0.176. The number of likely N-dealkylation sites (tertiary alicyclic amines) is 1. The number of carbonyl (C=O) groups excluding carboxylic acids is 1. The third kappa shape index (κ3) is 3.49. The van der Waals surface area contributed by atoms with E-state index in [9.17, 15) is 4.79 Å². The number of nitrogens with zero attached hydrogens (tertiary/aromatic N) is 3. The number of hydrogen-bond donors (Lipinski definition) is 0. The van der Waals surface area contributed by atoms with Crippen molar-refractivity contribution in [2.75, 3.05) is 24.6 Å². The molecule has 2 heterocycles. The molecule has 2 aliphatic rings. The highest BCUT2D eigenvalue weighted by Crippen LogP contribution is 2.21. The van der Waals surface area contributed by atoms with Gasteiger partial charge in [-0.25, -0.2) is 0 Å². The summed E-state index contributed by atoms with van der Waals surface area (Å²) in [5.41, 5.74) is 3.03. The number of anilines is 1. The minimum absolute atomic E-state index is 0.176. The third-order valence-electron chi connectivity index (χ3n) is 4.53. The van der Waals surface area contributed by atoms with Gasteiger partial charge < -0.3 is 4.90 Å². The van der Waals surface area contributed by atoms with E-state index in [4.69, 9.17) is 0 Å². The molecule has 0 aromatic heterocycles. The summed E-state index contributed by atoms with van der Waals surface area (Å²) in [6, 6.07) is 7.91. The highest BCUT2D eigenvalue weighted by molar-refractivity contribution is 5.94. The van der Waals surface area contributed by atoms with E-state index in [1.807, 2.05) is 34.2 Å². The molecule has 118 valence electrons. The summed E-state index contributed by atoms with van der Waals surface area (Å²) < 4.78 is 0. The molecule has 3 rings (SSSR count). The molecule has 22 heavy (non-hydrogen) atoms. The molecule has 1 aromatic rings. The first-order chi connectivity index (χ1) is 10.7. The topological polar surface area (TPSA) is 35.9 Å². The van der Waals surface area contributed by atoms with Crippen LogP contribution in [0.1, 0.15) is 55.8 Å². The van der Waals surface area contributed by atoms with E-state index in [1.165, 1.54) is 25.0 Å². The van der Waals surface area contributed by atoms with Gasteiger partial charge in [-0.3, -0.25) is 9.80 Å². The largest absolute Gasteiger partial charge is 0.339 e. The average Bonchev–Trinajstić information content (AvgIpc) is 2.93. The lowest BCUT2D eigenvalue weighted by Crippen LogP contribution is -2.33. The van der Waals surface area contributed by atoms with Gasteiger partial charge in [0, 0.05) is 37.3 Å². The standard InChI is InChI=1S/C18H25N3O/c1-15-11-14-21(19-15)17-9-7-16(8-10-17)18(22)20-12-5-3-2-4-6-13-20/h7-10H,2-6,11-14H2,1H3. The second-order valence-electron chi connectivity index (χ2n) is 6.32. The normalized spacial score (nSPS) is 19.6. The van der Waals surface area contributed by atoms with Crippen molar-refractivity contribution in [2.24, 2.45) is 5.10 Å². The summed E-state index contributed by atoms with van der Waals surface area (Å²) in [7, 11) is 0. The lowest BCUT2D eigenvalue weighted by Gasteiger charge is -2.25. The van der Waals surface area contributed by atoms with Gasteiger partial charge in [0.1, 0.15) is 0 Å². The summed E-state index contributed by atoms with van der Waals surface area (Å²) >= 11 is 0. The average molecular weight is 299 g/mol. The zero-order valence-electron chi connectivity index (χ0n) is 13.4. The molecule has 1 aromatic carbocycles. The minimum atomic E-state index is 0.176. The van der Waals surface area contributed by atoms with Crippen LogP contribution in [0.2, 0.25) is 0 Å². The Bertz CT molecular complexity index is 542. The van der Waals surface area contributed by atoms with E-state index in [-0.39, 0.29) is 5.91 Å². The number of amides is 1. The van der Waals surface area contributed by atoms with Crippen LogP contribution in [0, 0.1) is 0 Å². The van der Waals surface area contributed by atoms with E-state index >= 15 is 0 Å². The van der Waals surface area contributed by atoms with E-state index in [2.05, 4.69) is 12.0 Å². The van der Waals surface area contributed by atoms with E-state index in [1.54, 1.807) is 0 Å². The predicted octanol–water partition coefficient (Wildman–Crippen LogP) is 3.68. The van der Waals surface area contributed by atoms with Gasteiger partial charge in [0.2, 0.25) is 0 Å². The van der Waals surface area contributed by atoms with Gasteiger partial charge in [0.15, 0.2) is 0 Å². The maximum absolute atomic E-state index is 12.6. The van der Waals surface area contributed by atoms with Gasteiger partial charge >= 0.3 is 0 Å². The molecule has 0 aliphatic carbocycles. The van der Waals surface area contributed by atoms with Crippen molar-refractivity contribution in [3.8, 4) is 0 Å². The highest BCUT2D eigenvalue weighted by Gasteiger charge is 2.18. The first kappa shape index (κ1) is 15.1. The van der Waals surface area contributed by atoms with Gasteiger partial charge in [-0.1, -0.05) is 19.3 Å². The molecule has 4 heteroatoms. The van der Waals surface area contributed by atoms with Gasteiger partial charge in [-0.05, 0) is 44.0 Å². The second kappa shape index (κ2) is 6.95. The summed E-state index contributed by atoms with van der Waals surface area (Å²) in [4.78, 5) is 14.7. The SMILES string of the molecule is CC1=NN(c2ccc(C(=O)N3CCCCCCC3)cc2)CC1. The monoisotopic (exact) mass is 299 g/mol. The fraction of sp³-hybridized carbons (Fsp3) is 0.556. The molecule has 0 saturated carbocycles. The van der Waals surface area contributed by atoms with Crippen molar-refractivity contribution in [2.45, 2.75) is 45.4 Å². The van der Waals surface area contributed by atoms with Crippen LogP contribution in [0.3, 0.4) is 0 Å². The first-order valence-corrected chi connectivity index (χ1v) is 8.45. The highest BCUT2D eigenvalue weighted by atomic mass is 16.2. The number of hydrogen-bond acceptors (Lipinski definition) is 3. The Labute approximate surface area is 132 Å². The Morgan fingerprint density at radius 2 is 1.59 bits per heavy atom. The molecule has 0 bridgehead atoms. The van der Waals surface area contributed by atoms with Crippen LogP contribution < -0.4 is 5.01 Å². The van der Waals surface area contributed by atoms with Crippen LogP contribution in [0.5, 0.6) is 0 Å². The van der Waals surface area contributed by atoms with E-state index in [0.29, 0.717) is 0 Å². The smallest absolute Gasteiger partial charge is 0.253 e. The quantitative estimate of drug-likeness (QED) is 0.835. The fourth-order valence-corrected chi connectivity index (χ4v) is 3.17. The zero-order chi connectivity index (χ0) is 15.4. The molecule has 4 nitrogen and oxygen atoms in total. The lowest BCUT2D eigenvalue weighted by molar-refractivity contribution is 0.0742. The number of benzene rings is 1. The molecular weight excluding hydrogens is 274 g/mol. The Balaban J connectivity index is 1.67. The van der Waals surface area contributed by atoms with Crippen molar-refractivity contribution in [3.63, 3.8) is 0 Å². The molecule has 0 N–H and O–H groups in total. The van der Waals surface area contributed by atoms with E-state index < -0.39 is 0 Å². The maximum atomic E-state index is 12.6. The van der Waals surface area contributed by atoms with Crippen LogP contribution >= 0.6 is 0 Å². The molecule has 0 radical (unpaired) electrons. The second-order valence-corrected chi connectivity index (χ2v) is 6.32. The van der Waals surface area contributed by atoms with Gasteiger partial charge in [0.05, 0.1) is 5.69 Å². The van der Waals surface area contributed by atoms with Crippen LogP contribution in [-0.4, -0.2) is 36.2 Å². The summed E-state index contributed by atoms with van der Waals surface area (Å²) in [5, 5.41) is 6.51. The summed E-state index contributed by atoms with van der Waals surface area (Å²) in [6.45, 7) is 4.79. The zero-order valence-corrected chi connectivity index (χ0v) is 13.4. The van der Waals surface area contributed by atoms with Crippen molar-refractivity contribution >= 4 is 17.3 Å². The lowest BCUT2D eigenvalue weighted by atomic mass is 10.1. The Kier molecular flexibility index (Phi) is 4.76. The molecule has 2 aliphatic heterocycles. The van der Waals surface area contributed by atoms with Crippen molar-refractivity contribution in [1.82, 2.24) is 4.90 Å². The van der Waals surface area contributed by atoms with Crippen LogP contribution in [-0.2, 0) is 0 Å². The molecule has 1 saturated heterocycles. The summed E-state index contributed by atoms with van der Waals surface area (Å²) in [6.07, 6.45) is 7.09. The minimum Gasteiger partial charge on any atom is -0.339 e. The van der Waals surface area contributed by atoms with Crippen molar-refractivity contribution in [3.05, 3.63) is 29.8 Å². The maximum Gasteiger partial charge on any atom is 0.253 e. The van der Waals surface area contributed by atoms with E-state index in [0.717, 1.165) is 50.1 Å². The van der Waals surface area contributed by atoms with Crippen LogP contribution in [0.25, 0.3) is 0 Å². The Morgan fingerprint density at radius 3 is 2.18 bits per heavy atom. The molecule has 0 unspecified atom stereocenters. The molecule has 1 amide bonds. The first-order valence-electron chi connectivity index (χ1n) is 8.45. The number of rotatable bonds is 2. The number of carbonyl (C=O) groups is 1. The predicted molar refractivity (Wildman–Crippen MR) is 90.5 cm³/mol. The Morgan fingerprint density at radius 1 is 0.955 bits per heavy atom. The van der Waals surface area contributed by atoms with Gasteiger partial charge in [-0.2, -0.15) is 5.10 Å². The molecule has 0 atom stereocenters. The van der Waals surface area contributed by atoms with Crippen LogP contribution in [0.4, 0.5) is 5.69 Å². The van der Waals surface area contributed by atoms with Crippen molar-refractivity contribution < 1.29 is 4.79 Å². The van der Waals surface area contributed by atoms with Crippen LogP contribution in [0.15, 0.2) is 29.4 Å². The fourth-order valence-electron chi connectivity index (χ4n) is 3.17. The Hall–Kier alpha value is -1.84. The molecule has 1 fully saturated rings. The van der Waals surface area contributed by atoms with Crippen molar-refractivity contribution in [1.29, 1.82) is 0 Å².